The molecule has 0 aromatic heterocycles. The summed E-state index contributed by atoms with van der Waals surface area (Å²) in [5.41, 5.74) is 8.53. The molecule has 0 fully saturated rings. The van der Waals surface area contributed by atoms with Crippen molar-refractivity contribution >= 4 is 54.0 Å². The number of hydrogen-bond donors (Lipinski definition) is 3. The summed E-state index contributed by atoms with van der Waals surface area (Å²) in [6.07, 6.45) is -0.0251. The fraction of sp³-hybridized carbons (Fsp3) is 0.150. The van der Waals surface area contributed by atoms with Crippen LogP contribution in [0.5, 0.6) is 0 Å². The van der Waals surface area contributed by atoms with Gasteiger partial charge in [-0.1, -0.05) is 30.3 Å². The molecule has 0 aliphatic carbocycles. The van der Waals surface area contributed by atoms with E-state index in [0.717, 1.165) is 17.3 Å². The van der Waals surface area contributed by atoms with Gasteiger partial charge in [-0.05, 0) is 57.9 Å². The Morgan fingerprint density at radius 3 is 2.68 bits per heavy atom. The van der Waals surface area contributed by atoms with E-state index < -0.39 is 0 Å². The van der Waals surface area contributed by atoms with Crippen LogP contribution in [0.3, 0.4) is 0 Å². The number of aryl methyl sites for hydroxylation is 1. The third-order valence-corrected chi connectivity index (χ3v) is 5.96. The summed E-state index contributed by atoms with van der Waals surface area (Å²) in [5, 5.41) is 15.5. The van der Waals surface area contributed by atoms with Crippen LogP contribution >= 0.6 is 27.7 Å². The number of fused-ring (bicyclic) bond motifs is 1. The molecule has 0 spiro atoms. The lowest BCUT2D eigenvalue weighted by Crippen LogP contribution is -2.30. The van der Waals surface area contributed by atoms with Gasteiger partial charge >= 0.3 is 0 Å². The van der Waals surface area contributed by atoms with Crippen LogP contribution in [0.1, 0.15) is 23.1 Å². The number of amides is 1. The lowest BCUT2D eigenvalue weighted by molar-refractivity contribution is -0.118. The molecule has 0 bridgehead atoms. The smallest absolute Gasteiger partial charge is 0.231 e. The summed E-state index contributed by atoms with van der Waals surface area (Å²) in [6.45, 7) is 1.91. The SMILES string of the molecule is Cc1ccc(CN2C(=O)CC(C(=N)SC(=N)N)=C(Br)c3ccccc32)cc1F. The van der Waals surface area contributed by atoms with Crippen LogP contribution in [0.15, 0.2) is 48.0 Å². The molecule has 144 valence electrons. The van der Waals surface area contributed by atoms with E-state index in [9.17, 15) is 9.18 Å². The number of carbonyl (C=O) groups excluding carboxylic acids is 1. The number of anilines is 1. The Bertz CT molecular complexity index is 1020. The minimum atomic E-state index is -0.312. The van der Waals surface area contributed by atoms with Crippen LogP contribution in [-0.4, -0.2) is 16.1 Å². The van der Waals surface area contributed by atoms with Crippen molar-refractivity contribution in [2.24, 2.45) is 5.73 Å². The van der Waals surface area contributed by atoms with Gasteiger partial charge in [-0.2, -0.15) is 0 Å². The van der Waals surface area contributed by atoms with Crippen molar-refractivity contribution in [1.82, 2.24) is 0 Å². The predicted octanol–water partition coefficient (Wildman–Crippen LogP) is 4.78. The van der Waals surface area contributed by atoms with Crippen molar-refractivity contribution in [3.8, 4) is 0 Å². The number of amidine groups is 1. The van der Waals surface area contributed by atoms with Gasteiger partial charge in [-0.3, -0.25) is 15.6 Å². The van der Waals surface area contributed by atoms with Gasteiger partial charge in [0.25, 0.3) is 0 Å². The Labute approximate surface area is 175 Å². The number of benzene rings is 2. The van der Waals surface area contributed by atoms with Gasteiger partial charge in [-0.25, -0.2) is 4.39 Å². The van der Waals surface area contributed by atoms with Crippen molar-refractivity contribution in [2.75, 3.05) is 4.90 Å². The highest BCUT2D eigenvalue weighted by atomic mass is 79.9. The third kappa shape index (κ3) is 4.18. The average molecular weight is 461 g/mol. The van der Waals surface area contributed by atoms with E-state index in [1.807, 2.05) is 24.3 Å². The van der Waals surface area contributed by atoms with Crippen LogP contribution in [0, 0.1) is 23.6 Å². The molecule has 0 saturated carbocycles. The lowest BCUT2D eigenvalue weighted by atomic mass is 10.1. The largest absolute Gasteiger partial charge is 0.378 e. The molecule has 1 amide bonds. The van der Waals surface area contributed by atoms with Crippen molar-refractivity contribution in [3.05, 3.63) is 70.5 Å². The maximum atomic E-state index is 14.0. The minimum absolute atomic E-state index is 0.0251. The molecular weight excluding hydrogens is 443 g/mol. The van der Waals surface area contributed by atoms with Crippen molar-refractivity contribution < 1.29 is 9.18 Å². The van der Waals surface area contributed by atoms with Crippen LogP contribution in [0.4, 0.5) is 10.1 Å². The molecule has 3 rings (SSSR count). The fourth-order valence-corrected chi connectivity index (χ4v) is 4.28. The third-order valence-electron chi connectivity index (χ3n) is 4.39. The van der Waals surface area contributed by atoms with E-state index in [-0.39, 0.29) is 34.9 Å². The Balaban J connectivity index is 2.03. The predicted molar refractivity (Wildman–Crippen MR) is 116 cm³/mol. The van der Waals surface area contributed by atoms with Gasteiger partial charge in [0.05, 0.1) is 23.7 Å². The molecule has 1 heterocycles. The van der Waals surface area contributed by atoms with Crippen molar-refractivity contribution in [2.45, 2.75) is 19.9 Å². The second-order valence-corrected chi connectivity index (χ2v) is 8.19. The van der Waals surface area contributed by atoms with E-state index >= 15 is 0 Å². The van der Waals surface area contributed by atoms with Crippen molar-refractivity contribution in [1.29, 1.82) is 10.8 Å². The Morgan fingerprint density at radius 2 is 2.00 bits per heavy atom. The fourth-order valence-electron chi connectivity index (χ4n) is 2.96. The molecule has 1 aliphatic heterocycles. The number of nitrogens with two attached hydrogens (primary N) is 1. The molecule has 2 aromatic carbocycles. The standard InChI is InChI=1S/C20H18BrFN4OS/c1-11-6-7-12(8-15(11)22)10-26-16-5-3-2-4-13(16)18(21)14(9-17(26)27)19(23)28-20(24)25/h2-8,23H,9-10H2,1H3,(H3,24,25). The molecule has 5 nitrogen and oxygen atoms in total. The summed E-state index contributed by atoms with van der Waals surface area (Å²) in [4.78, 5) is 14.7. The van der Waals surface area contributed by atoms with Gasteiger partial charge in [0.15, 0.2) is 5.17 Å². The molecule has 0 saturated heterocycles. The molecule has 0 radical (unpaired) electrons. The number of nitrogens with one attached hydrogen (secondary N) is 2. The van der Waals surface area contributed by atoms with Gasteiger partial charge in [0, 0.05) is 15.6 Å². The number of hydrogen-bond acceptors (Lipinski definition) is 4. The number of halogens is 2. The van der Waals surface area contributed by atoms with E-state index in [1.165, 1.54) is 6.07 Å². The summed E-state index contributed by atoms with van der Waals surface area (Å²) >= 11 is 4.33. The number of rotatable bonds is 3. The first kappa shape index (κ1) is 20.3. The van der Waals surface area contributed by atoms with E-state index in [1.54, 1.807) is 24.0 Å². The zero-order valence-electron chi connectivity index (χ0n) is 15.1. The normalized spacial score (nSPS) is 14.0. The summed E-state index contributed by atoms with van der Waals surface area (Å²) in [7, 11) is 0. The van der Waals surface area contributed by atoms with Crippen LogP contribution in [0.2, 0.25) is 0 Å². The van der Waals surface area contributed by atoms with Gasteiger partial charge in [0.2, 0.25) is 5.91 Å². The second-order valence-electron chi connectivity index (χ2n) is 6.35. The molecule has 8 heteroatoms. The Morgan fingerprint density at radius 1 is 1.29 bits per heavy atom. The maximum Gasteiger partial charge on any atom is 0.231 e. The lowest BCUT2D eigenvalue weighted by Gasteiger charge is -2.23. The van der Waals surface area contributed by atoms with Crippen LogP contribution in [0.25, 0.3) is 4.48 Å². The first-order valence-corrected chi connectivity index (χ1v) is 10.0. The summed E-state index contributed by atoms with van der Waals surface area (Å²) in [6, 6.07) is 12.3. The first-order chi connectivity index (χ1) is 13.3. The van der Waals surface area contributed by atoms with Crippen LogP contribution < -0.4 is 10.6 Å². The maximum absolute atomic E-state index is 14.0. The highest BCUT2D eigenvalue weighted by Gasteiger charge is 2.28. The highest BCUT2D eigenvalue weighted by molar-refractivity contribution is 9.15. The van der Waals surface area contributed by atoms with E-state index in [0.29, 0.717) is 26.9 Å². The summed E-state index contributed by atoms with van der Waals surface area (Å²) < 4.78 is 14.6. The monoisotopic (exact) mass is 460 g/mol. The van der Waals surface area contributed by atoms with Crippen molar-refractivity contribution in [3.63, 3.8) is 0 Å². The highest BCUT2D eigenvalue weighted by Crippen LogP contribution is 2.40. The number of carbonyl (C=O) groups is 1. The van der Waals surface area contributed by atoms with E-state index in [4.69, 9.17) is 16.6 Å². The van der Waals surface area contributed by atoms with E-state index in [2.05, 4.69) is 15.9 Å². The molecular formula is C20H18BrFN4OS. The Hall–Kier alpha value is -2.45. The Kier molecular flexibility index (Phi) is 6.00. The minimum Gasteiger partial charge on any atom is -0.378 e. The second kappa shape index (κ2) is 8.28. The van der Waals surface area contributed by atoms with Gasteiger partial charge in [0.1, 0.15) is 5.82 Å². The zero-order valence-corrected chi connectivity index (χ0v) is 17.5. The van der Waals surface area contributed by atoms with Gasteiger partial charge < -0.3 is 10.6 Å². The topological polar surface area (TPSA) is 94.0 Å². The van der Waals surface area contributed by atoms with Gasteiger partial charge in [-0.15, -0.1) is 0 Å². The number of thioether (sulfide) groups is 1. The first-order valence-electron chi connectivity index (χ1n) is 8.42. The molecule has 28 heavy (non-hydrogen) atoms. The summed E-state index contributed by atoms with van der Waals surface area (Å²) in [5.74, 6) is -0.528. The molecule has 2 aromatic rings. The number of para-hydroxylation sites is 1. The number of nitrogens with zero attached hydrogens (tertiary/aromatic N) is 1. The molecule has 0 unspecified atom stereocenters. The zero-order chi connectivity index (χ0) is 20.4. The quantitative estimate of drug-likeness (QED) is 0.454. The molecule has 0 atom stereocenters. The average Bonchev–Trinajstić information content (AvgIpc) is 2.75. The van der Waals surface area contributed by atoms with Crippen LogP contribution in [-0.2, 0) is 11.3 Å². The molecule has 1 aliphatic rings. The molecule has 4 N–H and O–H groups in total.